The summed E-state index contributed by atoms with van der Waals surface area (Å²) in [7, 11) is 0. The van der Waals surface area contributed by atoms with Gasteiger partial charge in [0, 0.05) is 25.5 Å². The van der Waals surface area contributed by atoms with Crippen molar-refractivity contribution in [1.82, 2.24) is 14.5 Å². The normalized spacial score (nSPS) is 16.8. The number of amides is 2. The van der Waals surface area contributed by atoms with Crippen LogP contribution in [0.3, 0.4) is 0 Å². The minimum atomic E-state index is -0.368. The lowest BCUT2D eigenvalue weighted by Crippen LogP contribution is -2.40. The molecule has 1 aromatic heterocycles. The first kappa shape index (κ1) is 20.1. The smallest absolute Gasteiger partial charge is 0.297 e. The Bertz CT molecular complexity index is 832. The predicted octanol–water partition coefficient (Wildman–Crippen LogP) is 2.26. The molecule has 1 aliphatic rings. The second-order valence-corrected chi connectivity index (χ2v) is 7.09. The number of ether oxygens (including phenoxy) is 1. The maximum atomic E-state index is 13.3. The van der Waals surface area contributed by atoms with Crippen LogP contribution >= 0.6 is 0 Å². The number of carbonyl (C=O) groups excluding carboxylic acids is 2. The van der Waals surface area contributed by atoms with Crippen molar-refractivity contribution in [3.63, 3.8) is 0 Å². The molecule has 1 atom stereocenters. The monoisotopic (exact) mass is 385 g/mol. The van der Waals surface area contributed by atoms with Crippen molar-refractivity contribution in [2.24, 2.45) is 5.92 Å². The molecule has 0 aliphatic carbocycles. The van der Waals surface area contributed by atoms with E-state index in [0.29, 0.717) is 43.4 Å². The van der Waals surface area contributed by atoms with Crippen LogP contribution in [0.5, 0.6) is 6.01 Å². The molecule has 0 saturated heterocycles. The molecule has 0 radical (unpaired) electrons. The predicted molar refractivity (Wildman–Crippen MR) is 104 cm³/mol. The van der Waals surface area contributed by atoms with Crippen LogP contribution in [-0.4, -0.2) is 51.1 Å². The van der Waals surface area contributed by atoms with Crippen LogP contribution in [-0.2, 0) is 17.8 Å². The largest absolute Gasteiger partial charge is 0.465 e. The molecule has 3 rings (SSSR count). The number of hydrogen-bond donors (Lipinski definition) is 1. The Morgan fingerprint density at radius 2 is 2.00 bits per heavy atom. The maximum Gasteiger partial charge on any atom is 0.297 e. The van der Waals surface area contributed by atoms with Crippen molar-refractivity contribution in [3.8, 4) is 6.01 Å². The summed E-state index contributed by atoms with van der Waals surface area (Å²) < 4.78 is 7.61. The van der Waals surface area contributed by atoms with Crippen molar-refractivity contribution < 1.29 is 19.4 Å². The summed E-state index contributed by atoms with van der Waals surface area (Å²) in [6, 6.07) is 10.2. The van der Waals surface area contributed by atoms with Gasteiger partial charge in [0.05, 0.1) is 18.8 Å². The highest BCUT2D eigenvalue weighted by atomic mass is 16.5. The van der Waals surface area contributed by atoms with Crippen molar-refractivity contribution >= 4 is 11.8 Å². The summed E-state index contributed by atoms with van der Waals surface area (Å²) in [6.07, 6.45) is 1.57. The number of aromatic nitrogens is 2. The number of imidazole rings is 1. The minimum absolute atomic E-state index is 0.0769. The number of carbonyl (C=O) groups is 2. The summed E-state index contributed by atoms with van der Waals surface area (Å²) in [5.41, 5.74) is 2.02. The van der Waals surface area contributed by atoms with Crippen LogP contribution in [0.4, 0.5) is 0 Å². The van der Waals surface area contributed by atoms with Gasteiger partial charge in [0.15, 0.2) is 0 Å². The van der Waals surface area contributed by atoms with Gasteiger partial charge in [-0.1, -0.05) is 44.2 Å². The Kier molecular flexibility index (Phi) is 6.46. The third-order valence-corrected chi connectivity index (χ3v) is 4.80. The Hall–Kier alpha value is -2.67. The fraction of sp³-hybridized carbons (Fsp3) is 0.476. The number of imide groups is 1. The van der Waals surface area contributed by atoms with Crippen LogP contribution in [0.2, 0.25) is 0 Å². The SMILES string of the molecule is CCCOc1nc2c(n1Cc1ccccc1)C(=O)N(CCCO)C(=O)C(C)C2. The van der Waals surface area contributed by atoms with E-state index in [4.69, 9.17) is 9.84 Å². The van der Waals surface area contributed by atoms with Gasteiger partial charge in [-0.05, 0) is 18.4 Å². The number of hydrogen-bond acceptors (Lipinski definition) is 5. The highest BCUT2D eigenvalue weighted by Crippen LogP contribution is 2.28. The lowest BCUT2D eigenvalue weighted by atomic mass is 10.1. The molecule has 0 saturated carbocycles. The van der Waals surface area contributed by atoms with Crippen molar-refractivity contribution in [3.05, 3.63) is 47.3 Å². The topological polar surface area (TPSA) is 84.7 Å². The van der Waals surface area contributed by atoms with E-state index in [0.717, 1.165) is 12.0 Å². The zero-order valence-electron chi connectivity index (χ0n) is 16.4. The average Bonchev–Trinajstić information content (AvgIpc) is 2.99. The summed E-state index contributed by atoms with van der Waals surface area (Å²) in [4.78, 5) is 31.8. The Labute approximate surface area is 164 Å². The molecule has 1 N–H and O–H groups in total. The first-order valence-electron chi connectivity index (χ1n) is 9.79. The molecule has 1 aliphatic heterocycles. The molecule has 0 fully saturated rings. The summed E-state index contributed by atoms with van der Waals surface area (Å²) >= 11 is 0. The van der Waals surface area contributed by atoms with Crippen molar-refractivity contribution in [2.75, 3.05) is 19.8 Å². The molecule has 0 bridgehead atoms. The Morgan fingerprint density at radius 1 is 1.25 bits per heavy atom. The fourth-order valence-corrected chi connectivity index (χ4v) is 3.39. The number of fused-ring (bicyclic) bond motifs is 1. The van der Waals surface area contributed by atoms with E-state index in [-0.39, 0.29) is 30.9 Å². The molecule has 1 aromatic carbocycles. The third kappa shape index (κ3) is 4.09. The maximum absolute atomic E-state index is 13.3. The molecule has 2 heterocycles. The van der Waals surface area contributed by atoms with Gasteiger partial charge in [0.1, 0.15) is 5.69 Å². The van der Waals surface area contributed by atoms with Crippen LogP contribution in [0.1, 0.15) is 48.4 Å². The highest BCUT2D eigenvalue weighted by Gasteiger charge is 2.37. The quantitative estimate of drug-likeness (QED) is 0.705. The van der Waals surface area contributed by atoms with Gasteiger partial charge >= 0.3 is 0 Å². The van der Waals surface area contributed by atoms with Gasteiger partial charge in [0.25, 0.3) is 11.9 Å². The van der Waals surface area contributed by atoms with Crippen LogP contribution in [0, 0.1) is 5.92 Å². The van der Waals surface area contributed by atoms with Crippen LogP contribution in [0.15, 0.2) is 30.3 Å². The number of aliphatic hydroxyl groups is 1. The molecule has 7 heteroatoms. The molecule has 2 amide bonds. The number of nitrogens with zero attached hydrogens (tertiary/aromatic N) is 3. The molecular formula is C21H27N3O4. The van der Waals surface area contributed by atoms with Gasteiger partial charge in [-0.25, -0.2) is 0 Å². The summed E-state index contributed by atoms with van der Waals surface area (Å²) in [5.74, 6) is -0.950. The van der Waals surface area contributed by atoms with Gasteiger partial charge in [0.2, 0.25) is 5.91 Å². The van der Waals surface area contributed by atoms with Gasteiger partial charge in [-0.2, -0.15) is 4.98 Å². The second kappa shape index (κ2) is 9.01. The van der Waals surface area contributed by atoms with Crippen LogP contribution in [0.25, 0.3) is 0 Å². The zero-order valence-corrected chi connectivity index (χ0v) is 16.4. The number of aliphatic hydroxyl groups excluding tert-OH is 1. The van der Waals surface area contributed by atoms with Crippen molar-refractivity contribution in [1.29, 1.82) is 0 Å². The molecule has 28 heavy (non-hydrogen) atoms. The van der Waals surface area contributed by atoms with Gasteiger partial charge < -0.3 is 9.84 Å². The number of benzene rings is 1. The first-order chi connectivity index (χ1) is 13.6. The van der Waals surface area contributed by atoms with Crippen molar-refractivity contribution in [2.45, 2.75) is 39.7 Å². The second-order valence-electron chi connectivity index (χ2n) is 7.09. The molecule has 0 spiro atoms. The lowest BCUT2D eigenvalue weighted by Gasteiger charge is -2.22. The molecule has 7 nitrogen and oxygen atoms in total. The average molecular weight is 385 g/mol. The molecule has 150 valence electrons. The van der Waals surface area contributed by atoms with E-state index in [2.05, 4.69) is 4.98 Å². The van der Waals surface area contributed by atoms with E-state index < -0.39 is 0 Å². The summed E-state index contributed by atoms with van der Waals surface area (Å²) in [5, 5.41) is 9.16. The Balaban J connectivity index is 2.06. The van der Waals surface area contributed by atoms with E-state index in [9.17, 15) is 9.59 Å². The molecule has 1 unspecified atom stereocenters. The molecular weight excluding hydrogens is 358 g/mol. The van der Waals surface area contributed by atoms with E-state index in [1.165, 1.54) is 4.90 Å². The minimum Gasteiger partial charge on any atom is -0.465 e. The Morgan fingerprint density at radius 3 is 2.68 bits per heavy atom. The van der Waals surface area contributed by atoms with Gasteiger partial charge in [-0.15, -0.1) is 0 Å². The summed E-state index contributed by atoms with van der Waals surface area (Å²) in [6.45, 7) is 4.87. The standard InChI is InChI=1S/C21H27N3O4/c1-3-12-28-21-22-17-13-15(2)19(26)23(10-7-11-25)20(27)18(17)24(21)14-16-8-5-4-6-9-16/h4-6,8-9,15,25H,3,7,10-14H2,1-2H3. The van der Waals surface area contributed by atoms with E-state index in [1.54, 1.807) is 11.5 Å². The highest BCUT2D eigenvalue weighted by molar-refractivity contribution is 6.06. The molecule has 2 aromatic rings. The zero-order chi connectivity index (χ0) is 20.1. The van der Waals surface area contributed by atoms with Crippen LogP contribution < -0.4 is 4.74 Å². The van der Waals surface area contributed by atoms with E-state index in [1.807, 2.05) is 37.3 Å². The van der Waals surface area contributed by atoms with Gasteiger partial charge in [-0.3, -0.25) is 19.1 Å². The number of rotatable bonds is 8. The third-order valence-electron chi connectivity index (χ3n) is 4.80. The van der Waals surface area contributed by atoms with E-state index >= 15 is 0 Å². The fourth-order valence-electron chi connectivity index (χ4n) is 3.39. The lowest BCUT2D eigenvalue weighted by molar-refractivity contribution is -0.132. The first-order valence-corrected chi connectivity index (χ1v) is 9.79.